The predicted molar refractivity (Wildman–Crippen MR) is 77.3 cm³/mol. The minimum absolute atomic E-state index is 0.135. The van der Waals surface area contributed by atoms with Crippen LogP contribution >= 0.6 is 7.60 Å². The lowest BCUT2D eigenvalue weighted by Gasteiger charge is -2.26. The molecule has 21 heavy (non-hydrogen) atoms. The van der Waals surface area contributed by atoms with Crippen LogP contribution in [0.25, 0.3) is 6.08 Å². The SMILES string of the molecule is CCOP(=O)(OCC)C(F)(F)c1ccc(/C=C/CO)cc1. The number of hydrogen-bond acceptors (Lipinski definition) is 4. The Balaban J connectivity index is 3.10. The van der Waals surface area contributed by atoms with Crippen molar-refractivity contribution in [3.63, 3.8) is 0 Å². The molecule has 0 radical (unpaired) electrons. The van der Waals surface area contributed by atoms with Crippen LogP contribution in [0.3, 0.4) is 0 Å². The van der Waals surface area contributed by atoms with Crippen molar-refractivity contribution in [2.45, 2.75) is 19.5 Å². The fourth-order valence-electron chi connectivity index (χ4n) is 1.68. The molecule has 0 aliphatic carbocycles. The van der Waals surface area contributed by atoms with Crippen LogP contribution in [-0.4, -0.2) is 24.9 Å². The highest BCUT2D eigenvalue weighted by atomic mass is 31.2. The number of benzene rings is 1. The smallest absolute Gasteiger partial charge is 0.392 e. The van der Waals surface area contributed by atoms with Crippen LogP contribution in [0.4, 0.5) is 8.78 Å². The molecule has 0 amide bonds. The quantitative estimate of drug-likeness (QED) is 0.735. The molecule has 0 saturated heterocycles. The normalized spacial score (nSPS) is 13.0. The molecule has 1 aromatic rings. The Kier molecular flexibility index (Phi) is 6.68. The van der Waals surface area contributed by atoms with E-state index in [0.717, 1.165) is 0 Å². The van der Waals surface area contributed by atoms with Crippen molar-refractivity contribution in [1.82, 2.24) is 0 Å². The van der Waals surface area contributed by atoms with Crippen LogP contribution in [0.5, 0.6) is 0 Å². The Morgan fingerprint density at radius 1 is 1.19 bits per heavy atom. The van der Waals surface area contributed by atoms with E-state index in [-0.39, 0.29) is 19.8 Å². The fraction of sp³-hybridized carbons (Fsp3) is 0.429. The van der Waals surface area contributed by atoms with E-state index in [9.17, 15) is 13.3 Å². The first-order valence-corrected chi connectivity index (χ1v) is 8.10. The van der Waals surface area contributed by atoms with Crippen LogP contribution in [0, 0.1) is 0 Å². The molecule has 1 rings (SSSR count). The third-order valence-corrected chi connectivity index (χ3v) is 4.76. The first-order chi connectivity index (χ1) is 9.91. The molecule has 118 valence electrons. The van der Waals surface area contributed by atoms with Crippen molar-refractivity contribution in [3.8, 4) is 0 Å². The number of aliphatic hydroxyl groups is 1. The minimum atomic E-state index is -4.57. The molecule has 0 aromatic heterocycles. The van der Waals surface area contributed by atoms with E-state index in [4.69, 9.17) is 14.2 Å². The Labute approximate surface area is 122 Å². The van der Waals surface area contributed by atoms with E-state index in [1.54, 1.807) is 6.08 Å². The summed E-state index contributed by atoms with van der Waals surface area (Å²) in [6, 6.07) is 5.22. The van der Waals surface area contributed by atoms with E-state index in [2.05, 4.69) is 0 Å². The summed E-state index contributed by atoms with van der Waals surface area (Å²) in [6.45, 7) is 2.55. The standard InChI is InChI=1S/C14H19F2O4P/c1-3-19-21(18,20-4-2)14(15,16)13-9-7-12(8-10-13)6-5-11-17/h5-10,17H,3-4,11H2,1-2H3/b6-5+. The molecule has 0 fully saturated rings. The van der Waals surface area contributed by atoms with Gasteiger partial charge in [-0.25, -0.2) is 0 Å². The molecule has 0 bridgehead atoms. The van der Waals surface area contributed by atoms with E-state index in [1.165, 1.54) is 44.2 Å². The Bertz CT molecular complexity index is 504. The van der Waals surface area contributed by atoms with Gasteiger partial charge in [0.1, 0.15) is 0 Å². The lowest BCUT2D eigenvalue weighted by Crippen LogP contribution is -2.18. The lowest BCUT2D eigenvalue weighted by molar-refractivity contribution is 0.0360. The van der Waals surface area contributed by atoms with Crippen molar-refractivity contribution in [2.75, 3.05) is 19.8 Å². The largest absolute Gasteiger partial charge is 0.404 e. The zero-order valence-corrected chi connectivity index (χ0v) is 12.9. The zero-order valence-electron chi connectivity index (χ0n) is 12.0. The average molecular weight is 320 g/mol. The maximum Gasteiger partial charge on any atom is 0.404 e. The van der Waals surface area contributed by atoms with Gasteiger partial charge < -0.3 is 14.2 Å². The summed E-state index contributed by atoms with van der Waals surface area (Å²) in [6.07, 6.45) is 3.07. The second kappa shape index (κ2) is 7.80. The average Bonchev–Trinajstić information content (AvgIpc) is 2.46. The first kappa shape index (κ1) is 18.0. The Hall–Kier alpha value is -1.07. The van der Waals surface area contributed by atoms with E-state index < -0.39 is 18.8 Å². The molecular formula is C14H19F2O4P. The molecule has 0 aliphatic heterocycles. The highest BCUT2D eigenvalue weighted by molar-refractivity contribution is 7.54. The topological polar surface area (TPSA) is 55.8 Å². The van der Waals surface area contributed by atoms with Gasteiger partial charge in [-0.2, -0.15) is 8.78 Å². The lowest BCUT2D eigenvalue weighted by atomic mass is 10.1. The van der Waals surface area contributed by atoms with Crippen molar-refractivity contribution in [2.24, 2.45) is 0 Å². The van der Waals surface area contributed by atoms with Gasteiger partial charge in [0.25, 0.3) is 0 Å². The number of hydrogen-bond donors (Lipinski definition) is 1. The maximum absolute atomic E-state index is 14.4. The summed E-state index contributed by atoms with van der Waals surface area (Å²) in [5, 5.41) is 8.66. The van der Waals surface area contributed by atoms with Gasteiger partial charge >= 0.3 is 13.3 Å². The van der Waals surface area contributed by atoms with Crippen molar-refractivity contribution in [3.05, 3.63) is 41.5 Å². The molecular weight excluding hydrogens is 301 g/mol. The summed E-state index contributed by atoms with van der Waals surface area (Å²) in [5.74, 6) is 0. The van der Waals surface area contributed by atoms with E-state index in [0.29, 0.717) is 5.56 Å². The molecule has 0 unspecified atom stereocenters. The van der Waals surface area contributed by atoms with Gasteiger partial charge in [-0.1, -0.05) is 36.4 Å². The number of halogens is 2. The molecule has 0 heterocycles. The van der Waals surface area contributed by atoms with Crippen LogP contribution in [-0.2, 0) is 19.3 Å². The fourth-order valence-corrected chi connectivity index (χ4v) is 3.22. The van der Waals surface area contributed by atoms with Gasteiger partial charge in [0.2, 0.25) is 0 Å². The van der Waals surface area contributed by atoms with Gasteiger partial charge in [-0.3, -0.25) is 4.57 Å². The van der Waals surface area contributed by atoms with Gasteiger partial charge in [0, 0.05) is 5.56 Å². The third-order valence-electron chi connectivity index (χ3n) is 2.62. The molecule has 0 spiro atoms. The number of alkyl halides is 2. The van der Waals surface area contributed by atoms with Crippen molar-refractivity contribution < 1.29 is 27.5 Å². The molecule has 0 aliphatic rings. The van der Waals surface area contributed by atoms with Crippen molar-refractivity contribution >= 4 is 13.7 Å². The summed E-state index contributed by atoms with van der Waals surface area (Å²) >= 11 is 0. The summed E-state index contributed by atoms with van der Waals surface area (Å²) in [5.41, 5.74) is -3.52. The monoisotopic (exact) mass is 320 g/mol. The predicted octanol–water partition coefficient (Wildman–Crippen LogP) is 4.01. The maximum atomic E-state index is 14.4. The van der Waals surface area contributed by atoms with Crippen LogP contribution in [0.1, 0.15) is 25.0 Å². The Morgan fingerprint density at radius 3 is 2.14 bits per heavy atom. The van der Waals surface area contributed by atoms with Crippen LogP contribution in [0.15, 0.2) is 30.3 Å². The summed E-state index contributed by atoms with van der Waals surface area (Å²) in [7, 11) is -4.57. The second-order valence-corrected chi connectivity index (χ2v) is 6.15. The van der Waals surface area contributed by atoms with E-state index >= 15 is 0 Å². The van der Waals surface area contributed by atoms with Crippen LogP contribution in [0.2, 0.25) is 0 Å². The zero-order chi connectivity index (χ0) is 15.9. The molecule has 0 saturated carbocycles. The molecule has 1 aromatic carbocycles. The number of aliphatic hydroxyl groups excluding tert-OH is 1. The van der Waals surface area contributed by atoms with Gasteiger partial charge in [-0.05, 0) is 19.4 Å². The summed E-state index contributed by atoms with van der Waals surface area (Å²) < 4.78 is 50.5. The molecule has 1 N–H and O–H groups in total. The van der Waals surface area contributed by atoms with Gasteiger partial charge in [-0.15, -0.1) is 0 Å². The molecule has 7 heteroatoms. The van der Waals surface area contributed by atoms with Crippen molar-refractivity contribution in [1.29, 1.82) is 0 Å². The molecule has 0 atom stereocenters. The number of rotatable bonds is 8. The third kappa shape index (κ3) is 4.20. The highest BCUT2D eigenvalue weighted by Crippen LogP contribution is 2.66. The van der Waals surface area contributed by atoms with Gasteiger partial charge in [0.05, 0.1) is 19.8 Å². The molecule has 4 nitrogen and oxygen atoms in total. The first-order valence-electron chi connectivity index (χ1n) is 6.56. The van der Waals surface area contributed by atoms with Gasteiger partial charge in [0.15, 0.2) is 0 Å². The van der Waals surface area contributed by atoms with E-state index in [1.807, 2.05) is 0 Å². The summed E-state index contributed by atoms with van der Waals surface area (Å²) in [4.78, 5) is 0. The minimum Gasteiger partial charge on any atom is -0.392 e. The van der Waals surface area contributed by atoms with Crippen LogP contribution < -0.4 is 0 Å². The highest BCUT2D eigenvalue weighted by Gasteiger charge is 2.54. The Morgan fingerprint density at radius 2 is 1.71 bits per heavy atom. The second-order valence-electron chi connectivity index (χ2n) is 4.08.